The van der Waals surface area contributed by atoms with Gasteiger partial charge in [0.25, 0.3) is 0 Å². The summed E-state index contributed by atoms with van der Waals surface area (Å²) in [5.74, 6) is -3.09. The molecule has 0 aromatic heterocycles. The Morgan fingerprint density at radius 3 is 2.06 bits per heavy atom. The predicted octanol–water partition coefficient (Wildman–Crippen LogP) is -2.12. The van der Waals surface area contributed by atoms with Crippen LogP contribution in [-0.4, -0.2) is 40.5 Å². The van der Waals surface area contributed by atoms with Crippen molar-refractivity contribution < 1.29 is 24.3 Å². The van der Waals surface area contributed by atoms with Gasteiger partial charge in [-0.15, -0.1) is 0 Å². The molecule has 0 aliphatic heterocycles. The number of carbonyl (C=O) groups excluding carboxylic acids is 3. The summed E-state index contributed by atoms with van der Waals surface area (Å²) in [7, 11) is 0. The van der Waals surface area contributed by atoms with Gasteiger partial charge in [0.1, 0.15) is 11.6 Å². The van der Waals surface area contributed by atoms with Crippen molar-refractivity contribution in [1.82, 2.24) is 10.6 Å². The second-order valence-corrected chi connectivity index (χ2v) is 4.15. The van der Waals surface area contributed by atoms with Crippen molar-refractivity contribution in [2.45, 2.75) is 31.8 Å². The van der Waals surface area contributed by atoms with Crippen molar-refractivity contribution in [1.29, 1.82) is 0 Å². The van der Waals surface area contributed by atoms with Gasteiger partial charge in [-0.2, -0.15) is 0 Å². The SMILES string of the molecule is CC(C)(NC(=O)NC(CC(N)=O)C(=O)O)C(N)=O. The van der Waals surface area contributed by atoms with Crippen LogP contribution >= 0.6 is 0 Å². The van der Waals surface area contributed by atoms with Gasteiger partial charge in [0.2, 0.25) is 11.8 Å². The minimum atomic E-state index is -1.47. The van der Waals surface area contributed by atoms with Gasteiger partial charge in [0, 0.05) is 0 Å². The fourth-order valence-electron chi connectivity index (χ4n) is 0.941. The molecule has 9 heteroatoms. The number of primary amides is 2. The molecule has 0 saturated heterocycles. The maximum absolute atomic E-state index is 11.4. The fraction of sp³-hybridized carbons (Fsp3) is 0.556. The number of hydrogen-bond donors (Lipinski definition) is 5. The highest BCUT2D eigenvalue weighted by atomic mass is 16.4. The monoisotopic (exact) mass is 260 g/mol. The summed E-state index contributed by atoms with van der Waals surface area (Å²) >= 11 is 0. The molecule has 0 aromatic carbocycles. The van der Waals surface area contributed by atoms with Crippen LogP contribution in [-0.2, 0) is 14.4 Å². The van der Waals surface area contributed by atoms with Gasteiger partial charge in [-0.05, 0) is 13.8 Å². The minimum Gasteiger partial charge on any atom is -0.480 e. The van der Waals surface area contributed by atoms with E-state index in [2.05, 4.69) is 5.32 Å². The first kappa shape index (κ1) is 15.7. The zero-order valence-corrected chi connectivity index (χ0v) is 10.0. The van der Waals surface area contributed by atoms with Crippen molar-refractivity contribution in [2.75, 3.05) is 0 Å². The van der Waals surface area contributed by atoms with Crippen molar-refractivity contribution >= 4 is 23.8 Å². The van der Waals surface area contributed by atoms with Crippen LogP contribution in [0, 0.1) is 0 Å². The Morgan fingerprint density at radius 1 is 1.22 bits per heavy atom. The van der Waals surface area contributed by atoms with Crippen molar-refractivity contribution in [2.24, 2.45) is 11.5 Å². The largest absolute Gasteiger partial charge is 0.480 e. The number of nitrogens with one attached hydrogen (secondary N) is 2. The third-order valence-electron chi connectivity index (χ3n) is 2.05. The second-order valence-electron chi connectivity index (χ2n) is 4.15. The van der Waals surface area contributed by atoms with Crippen molar-refractivity contribution in [3.8, 4) is 0 Å². The maximum Gasteiger partial charge on any atom is 0.326 e. The number of urea groups is 1. The smallest absolute Gasteiger partial charge is 0.326 e. The molecule has 4 amide bonds. The lowest BCUT2D eigenvalue weighted by Crippen LogP contribution is -2.58. The van der Waals surface area contributed by atoms with E-state index in [0.717, 1.165) is 0 Å². The third-order valence-corrected chi connectivity index (χ3v) is 2.05. The van der Waals surface area contributed by atoms with Crippen molar-refractivity contribution in [3.63, 3.8) is 0 Å². The second kappa shape index (κ2) is 5.84. The van der Waals surface area contributed by atoms with E-state index in [-0.39, 0.29) is 0 Å². The quantitative estimate of drug-likeness (QED) is 0.367. The molecule has 9 nitrogen and oxygen atoms in total. The van der Waals surface area contributed by atoms with Crippen molar-refractivity contribution in [3.05, 3.63) is 0 Å². The molecule has 0 bridgehead atoms. The Hall–Kier alpha value is -2.32. The van der Waals surface area contributed by atoms with Crippen LogP contribution < -0.4 is 22.1 Å². The van der Waals surface area contributed by atoms with E-state index in [1.54, 1.807) is 0 Å². The summed E-state index contributed by atoms with van der Waals surface area (Å²) in [5.41, 5.74) is 8.50. The highest BCUT2D eigenvalue weighted by Crippen LogP contribution is 2.00. The molecule has 102 valence electrons. The number of hydrogen-bond acceptors (Lipinski definition) is 4. The molecule has 0 rings (SSSR count). The van der Waals surface area contributed by atoms with Gasteiger partial charge < -0.3 is 27.2 Å². The van der Waals surface area contributed by atoms with Crippen LogP contribution in [0.4, 0.5) is 4.79 Å². The van der Waals surface area contributed by atoms with Gasteiger partial charge in [-0.1, -0.05) is 0 Å². The molecule has 0 spiro atoms. The molecule has 7 N–H and O–H groups in total. The van der Waals surface area contributed by atoms with E-state index in [4.69, 9.17) is 16.6 Å². The fourth-order valence-corrected chi connectivity index (χ4v) is 0.941. The van der Waals surface area contributed by atoms with Gasteiger partial charge >= 0.3 is 12.0 Å². The molecule has 0 aromatic rings. The van der Waals surface area contributed by atoms with E-state index in [1.165, 1.54) is 13.8 Å². The number of carboxylic acid groups (broad SMARTS) is 1. The Morgan fingerprint density at radius 2 is 1.72 bits per heavy atom. The normalized spacial score (nSPS) is 12.3. The van der Waals surface area contributed by atoms with Gasteiger partial charge in [-0.3, -0.25) is 9.59 Å². The number of nitrogens with two attached hydrogens (primary N) is 2. The topological polar surface area (TPSA) is 165 Å². The number of carboxylic acids is 1. The molecule has 0 fully saturated rings. The summed E-state index contributed by atoms with van der Waals surface area (Å²) in [5, 5.41) is 12.9. The van der Waals surface area contributed by atoms with E-state index in [0.29, 0.717) is 0 Å². The zero-order chi connectivity index (χ0) is 14.5. The average molecular weight is 260 g/mol. The lowest BCUT2D eigenvalue weighted by molar-refractivity contribution is -0.140. The summed E-state index contributed by atoms with van der Waals surface area (Å²) in [6.45, 7) is 2.69. The highest BCUT2D eigenvalue weighted by molar-refractivity contribution is 5.91. The van der Waals surface area contributed by atoms with Crippen LogP contribution in [0.3, 0.4) is 0 Å². The molecule has 18 heavy (non-hydrogen) atoms. The first-order chi connectivity index (χ1) is 8.06. The van der Waals surface area contributed by atoms with Crippen LogP contribution in [0.5, 0.6) is 0 Å². The lowest BCUT2D eigenvalue weighted by Gasteiger charge is -2.23. The summed E-state index contributed by atoms with van der Waals surface area (Å²) < 4.78 is 0. The maximum atomic E-state index is 11.4. The van der Waals surface area contributed by atoms with E-state index in [9.17, 15) is 19.2 Å². The third kappa shape index (κ3) is 5.14. The van der Waals surface area contributed by atoms with Crippen LogP contribution in [0.2, 0.25) is 0 Å². The molecule has 0 saturated carbocycles. The first-order valence-electron chi connectivity index (χ1n) is 4.96. The van der Waals surface area contributed by atoms with Gasteiger partial charge in [0.05, 0.1) is 6.42 Å². The molecule has 0 radical (unpaired) electrons. The molecular weight excluding hydrogens is 244 g/mol. The number of aliphatic carboxylic acids is 1. The Labute approximate surface area is 103 Å². The molecule has 0 heterocycles. The summed E-state index contributed by atoms with van der Waals surface area (Å²) in [4.78, 5) is 43.7. The Kier molecular flexibility index (Phi) is 5.09. The van der Waals surface area contributed by atoms with E-state index in [1.807, 2.05) is 5.32 Å². The standard InChI is InChI=1S/C9H16N4O5/c1-9(2,7(11)17)13-8(18)12-4(6(15)16)3-5(10)14/h4H,3H2,1-2H3,(H2,10,14)(H2,11,17)(H,15,16)(H2,12,13,18). The summed E-state index contributed by atoms with van der Waals surface area (Å²) in [6.07, 6.45) is -0.556. The molecule has 1 unspecified atom stereocenters. The predicted molar refractivity (Wildman–Crippen MR) is 60.2 cm³/mol. The van der Waals surface area contributed by atoms with Crippen LogP contribution in [0.15, 0.2) is 0 Å². The van der Waals surface area contributed by atoms with E-state index >= 15 is 0 Å². The molecule has 0 aliphatic carbocycles. The van der Waals surface area contributed by atoms with Crippen LogP contribution in [0.1, 0.15) is 20.3 Å². The van der Waals surface area contributed by atoms with Crippen LogP contribution in [0.25, 0.3) is 0 Å². The Bertz CT molecular complexity index is 379. The molecule has 1 atom stereocenters. The molecule has 0 aliphatic rings. The zero-order valence-electron chi connectivity index (χ0n) is 10.0. The lowest BCUT2D eigenvalue weighted by atomic mass is 10.1. The van der Waals surface area contributed by atoms with E-state index < -0.39 is 41.8 Å². The highest BCUT2D eigenvalue weighted by Gasteiger charge is 2.29. The Balaban J connectivity index is 4.57. The molecular formula is C9H16N4O5. The van der Waals surface area contributed by atoms with Gasteiger partial charge in [-0.25, -0.2) is 9.59 Å². The van der Waals surface area contributed by atoms with Gasteiger partial charge in [0.15, 0.2) is 0 Å². The average Bonchev–Trinajstić information content (AvgIpc) is 2.14. The number of carbonyl (C=O) groups is 4. The summed E-state index contributed by atoms with van der Waals surface area (Å²) in [6, 6.07) is -2.40. The number of rotatable bonds is 6. The first-order valence-corrected chi connectivity index (χ1v) is 4.96. The minimum absolute atomic E-state index is 0.556. The number of amides is 4.